The molecule has 5 aromatic heterocycles. The highest BCUT2D eigenvalue weighted by atomic mass is 16.2. The van der Waals surface area contributed by atoms with E-state index in [0.29, 0.717) is 45.0 Å². The third-order valence-electron chi connectivity index (χ3n) is 14.3. The molecular weight excluding hydrogens is 1200 g/mol. The van der Waals surface area contributed by atoms with E-state index in [9.17, 15) is 33.6 Å². The van der Waals surface area contributed by atoms with Gasteiger partial charge in [-0.1, -0.05) is 105 Å². The van der Waals surface area contributed by atoms with Crippen molar-refractivity contribution < 1.29 is 33.6 Å². The molecule has 9 N–H and O–H groups in total. The Hall–Kier alpha value is -13.4. The molecule has 0 aliphatic carbocycles. The topological polar surface area (TPSA) is 310 Å². The average molecular weight is 1260 g/mol. The van der Waals surface area contributed by atoms with E-state index in [4.69, 9.17) is 6.42 Å². The third-order valence-corrected chi connectivity index (χ3v) is 14.3. The van der Waals surface area contributed by atoms with Gasteiger partial charge in [-0.15, -0.1) is 6.42 Å². The zero-order valence-electron chi connectivity index (χ0n) is 51.8. The Morgan fingerprint density at radius 3 is 1.28 bits per heavy atom. The lowest BCUT2D eigenvalue weighted by molar-refractivity contribution is -0.114. The van der Waals surface area contributed by atoms with Crippen molar-refractivity contribution >= 4 is 102 Å². The molecule has 7 aromatic carbocycles. The Morgan fingerprint density at radius 1 is 0.474 bits per heavy atom. The number of hydrogen-bond donors (Lipinski definition) is 9. The van der Waals surface area contributed by atoms with E-state index in [0.717, 1.165) is 89.0 Å². The van der Waals surface area contributed by atoms with Crippen LogP contribution < -0.4 is 26.6 Å². The number of anilines is 3. The molecule has 472 valence electrons. The van der Waals surface area contributed by atoms with Gasteiger partial charge >= 0.3 is 0 Å². The molecule has 12 aromatic rings. The van der Waals surface area contributed by atoms with Crippen molar-refractivity contribution in [2.45, 2.75) is 6.42 Å². The molecule has 22 heteroatoms. The molecule has 95 heavy (non-hydrogen) atoms. The summed E-state index contributed by atoms with van der Waals surface area (Å²) in [6.07, 6.45) is 13.5. The fourth-order valence-corrected chi connectivity index (χ4v) is 9.85. The van der Waals surface area contributed by atoms with Crippen LogP contribution in [0.1, 0.15) is 36.6 Å². The number of pyridine rings is 1. The molecular formula is C73H63N15O7. The van der Waals surface area contributed by atoms with E-state index in [1.807, 2.05) is 109 Å². The van der Waals surface area contributed by atoms with Gasteiger partial charge in [-0.25, -0.2) is 0 Å². The summed E-state index contributed by atoms with van der Waals surface area (Å²) in [7, 11) is 4.94. The Kier molecular flexibility index (Phi) is 21.4. The number of aromatic amines is 4. The number of H-pyrrole nitrogens is 4. The van der Waals surface area contributed by atoms with Gasteiger partial charge in [-0.05, 0) is 115 Å². The van der Waals surface area contributed by atoms with Crippen molar-refractivity contribution in [3.63, 3.8) is 0 Å². The zero-order valence-corrected chi connectivity index (χ0v) is 51.8. The SMILES string of the molecule is C#CCNC(=O)c1cc(NC(=O)C=C)cc(-c2n[nH]c3ccccc23)c1.C=CC(=O)Cc1cc(C(=O)NC)cc(-c2n[nH]c3ccccc23)c1.C=CC(=O)Nc1cc(C(=O)N(C)C)cc(-c2n[nH]c3ccccc23)c1.C=CC(=O)Nc1cncc(-c2n[nH]c3ccccc23)c1. The fraction of sp³-hybridized carbons (Fsp3) is 0.0685. The number of benzene rings is 7. The van der Waals surface area contributed by atoms with Gasteiger partial charge in [0, 0.05) is 106 Å². The molecule has 0 fully saturated rings. The second-order valence-corrected chi connectivity index (χ2v) is 21.0. The van der Waals surface area contributed by atoms with Gasteiger partial charge in [0.2, 0.25) is 17.7 Å². The van der Waals surface area contributed by atoms with Gasteiger partial charge in [-0.2, -0.15) is 20.4 Å². The molecule has 0 spiro atoms. The number of para-hydroxylation sites is 4. The Balaban J connectivity index is 0.000000149. The summed E-state index contributed by atoms with van der Waals surface area (Å²) >= 11 is 0. The fourth-order valence-electron chi connectivity index (χ4n) is 9.85. The van der Waals surface area contributed by atoms with Gasteiger partial charge in [0.25, 0.3) is 17.7 Å². The number of rotatable bonds is 17. The summed E-state index contributed by atoms with van der Waals surface area (Å²) in [5.41, 5.74) is 13.3. The van der Waals surface area contributed by atoms with Gasteiger partial charge in [-0.3, -0.25) is 58.9 Å². The number of amides is 6. The predicted octanol–water partition coefficient (Wildman–Crippen LogP) is 11.4. The molecule has 0 atom stereocenters. The quantitative estimate of drug-likeness (QED) is 0.0304. The van der Waals surface area contributed by atoms with Crippen LogP contribution >= 0.6 is 0 Å². The second kappa shape index (κ2) is 30.9. The van der Waals surface area contributed by atoms with Crippen LogP contribution in [-0.4, -0.2) is 120 Å². The monoisotopic (exact) mass is 1260 g/mol. The number of ketones is 1. The maximum atomic E-state index is 12.4. The summed E-state index contributed by atoms with van der Waals surface area (Å²) in [6.45, 7) is 13.9. The lowest BCUT2D eigenvalue weighted by Crippen LogP contribution is -2.23. The summed E-state index contributed by atoms with van der Waals surface area (Å²) in [5.74, 6) is 0.588. The van der Waals surface area contributed by atoms with Crippen LogP contribution in [0, 0.1) is 12.3 Å². The van der Waals surface area contributed by atoms with Crippen LogP contribution in [0.2, 0.25) is 0 Å². The standard InChI is InChI=1S/C20H16N4O2.C19H18N4O2.C19H17N3O2.C15H12N4O/c1-3-9-21-20(26)14-10-13(11-15(12-14)22-18(25)4-2)19-16-7-5-6-8-17(16)23-24-19;1-4-17(24)20-14-10-12(9-13(11-14)19(25)23(2)3)18-15-7-5-6-8-16(15)21-22-18;1-3-15(23)10-12-8-13(11-14(9-12)19(24)20-2)18-16-6-4-5-7-17(16)21-22-18;1-2-14(20)17-11-7-10(8-16-9-11)15-12-5-3-4-6-13(12)18-19-15/h1,4-8,10-12H,2,9H2,(H,21,26)(H,22,25)(H,23,24);4-11H,1H2,2-3H3,(H,20,24)(H,21,22);3-9,11H,1,10H2,2H3,(H,20,24)(H,21,22);2-9H,1H2,(H,17,20)(H,18,19). The highest BCUT2D eigenvalue weighted by molar-refractivity contribution is 6.06. The smallest absolute Gasteiger partial charge is 0.253 e. The van der Waals surface area contributed by atoms with E-state index in [2.05, 4.69) is 105 Å². The van der Waals surface area contributed by atoms with Gasteiger partial charge in [0.15, 0.2) is 5.78 Å². The van der Waals surface area contributed by atoms with Crippen LogP contribution in [0.25, 0.3) is 88.6 Å². The van der Waals surface area contributed by atoms with Crippen molar-refractivity contribution in [3.05, 3.63) is 243 Å². The number of nitrogens with zero attached hydrogens (tertiary/aromatic N) is 6. The maximum Gasteiger partial charge on any atom is 0.253 e. The first-order chi connectivity index (χ1) is 46.0. The van der Waals surface area contributed by atoms with Crippen molar-refractivity contribution in [2.75, 3.05) is 43.6 Å². The average Bonchev–Trinajstić information content (AvgIpc) is 1.75. The van der Waals surface area contributed by atoms with Gasteiger partial charge in [0.05, 0.1) is 57.6 Å². The highest BCUT2D eigenvalue weighted by Gasteiger charge is 2.19. The molecule has 6 amide bonds. The predicted molar refractivity (Wildman–Crippen MR) is 372 cm³/mol. The minimum absolute atomic E-state index is 0.0955. The van der Waals surface area contributed by atoms with E-state index in [-0.39, 0.29) is 54.2 Å². The Morgan fingerprint density at radius 2 is 0.863 bits per heavy atom. The zero-order chi connectivity index (χ0) is 67.5. The van der Waals surface area contributed by atoms with Gasteiger partial charge in [0.1, 0.15) is 5.69 Å². The van der Waals surface area contributed by atoms with Crippen LogP contribution in [0.5, 0.6) is 0 Å². The number of allylic oxidation sites excluding steroid dienone is 1. The molecule has 0 saturated carbocycles. The number of aromatic nitrogens is 9. The summed E-state index contributed by atoms with van der Waals surface area (Å²) in [5, 5.41) is 46.4. The molecule has 0 radical (unpaired) electrons. The largest absolute Gasteiger partial charge is 0.355 e. The normalized spacial score (nSPS) is 10.4. The van der Waals surface area contributed by atoms with Crippen LogP contribution in [0.3, 0.4) is 0 Å². The second-order valence-electron chi connectivity index (χ2n) is 21.0. The molecule has 0 aliphatic heterocycles. The number of carbonyl (C=O) groups is 7. The first-order valence-electron chi connectivity index (χ1n) is 29.3. The number of fused-ring (bicyclic) bond motifs is 4. The number of nitrogens with one attached hydrogen (secondary N) is 9. The maximum absolute atomic E-state index is 12.4. The highest BCUT2D eigenvalue weighted by Crippen LogP contribution is 2.33. The molecule has 0 saturated heterocycles. The van der Waals surface area contributed by atoms with E-state index in [1.165, 1.54) is 23.1 Å². The minimum Gasteiger partial charge on any atom is -0.355 e. The lowest BCUT2D eigenvalue weighted by Gasteiger charge is -2.13. The van der Waals surface area contributed by atoms with Crippen LogP contribution in [-0.2, 0) is 25.6 Å². The lowest BCUT2D eigenvalue weighted by atomic mass is 9.98. The molecule has 0 unspecified atom stereocenters. The number of hydrogen-bond acceptors (Lipinski definition) is 12. The molecule has 5 heterocycles. The van der Waals surface area contributed by atoms with E-state index in [1.54, 1.807) is 82.1 Å². The van der Waals surface area contributed by atoms with E-state index < -0.39 is 0 Å². The summed E-state index contributed by atoms with van der Waals surface area (Å²) in [4.78, 5) is 88.8. The minimum atomic E-state index is -0.371. The van der Waals surface area contributed by atoms with Crippen molar-refractivity contribution in [1.82, 2.24) is 61.3 Å². The van der Waals surface area contributed by atoms with Gasteiger partial charge < -0.3 is 31.5 Å². The number of carbonyl (C=O) groups excluding carboxylic acids is 7. The Labute approximate surface area is 544 Å². The first kappa shape index (κ1) is 66.0. The Bertz CT molecular complexity index is 4990. The molecule has 0 bridgehead atoms. The molecule has 12 rings (SSSR count). The summed E-state index contributed by atoms with van der Waals surface area (Å²) < 4.78 is 0. The van der Waals surface area contributed by atoms with Crippen LogP contribution in [0.15, 0.2) is 221 Å². The number of terminal acetylenes is 1. The summed E-state index contributed by atoms with van der Waals surface area (Å²) in [6, 6.07) is 48.5. The molecule has 22 nitrogen and oxygen atoms in total. The van der Waals surface area contributed by atoms with Crippen molar-refractivity contribution in [2.24, 2.45) is 0 Å². The van der Waals surface area contributed by atoms with Crippen molar-refractivity contribution in [3.8, 4) is 57.4 Å². The van der Waals surface area contributed by atoms with Crippen LogP contribution in [0.4, 0.5) is 17.1 Å². The first-order valence-corrected chi connectivity index (χ1v) is 29.3. The third kappa shape index (κ3) is 16.3. The molecule has 0 aliphatic rings. The van der Waals surface area contributed by atoms with Crippen molar-refractivity contribution in [1.29, 1.82) is 0 Å². The van der Waals surface area contributed by atoms with E-state index >= 15 is 0 Å².